The molecular formula is CH6N2O3Zn. The molecule has 6 heteroatoms. The molecule has 7 heavy (non-hydrogen) atoms. The van der Waals surface area contributed by atoms with E-state index in [2.05, 4.69) is 11.7 Å². The van der Waals surface area contributed by atoms with E-state index >= 15 is 0 Å². The number of hydrogen-bond donors (Lipinski definition) is 4. The summed E-state index contributed by atoms with van der Waals surface area (Å²) >= 11 is 0. The Morgan fingerprint density at radius 3 is 1.29 bits per heavy atom. The average Bonchev–Trinajstić information content (AvgIpc) is 1.41. The van der Waals surface area contributed by atoms with Crippen LogP contribution in [0, 0.1) is 0 Å². The predicted octanol–water partition coefficient (Wildman–Crippen LogP) is -0.961. The van der Waals surface area contributed by atoms with E-state index in [1.165, 1.54) is 0 Å². The van der Waals surface area contributed by atoms with Crippen LogP contribution in [0.1, 0.15) is 0 Å². The van der Waals surface area contributed by atoms with Gasteiger partial charge in [-0.25, -0.2) is 4.79 Å². The summed E-state index contributed by atoms with van der Waals surface area (Å²) in [6.07, 6.45) is -1.83. The molecule has 0 aliphatic rings. The largest absolute Gasteiger partial charge is 0.503 e. The Balaban J connectivity index is -0.0000000480. The Morgan fingerprint density at radius 2 is 1.29 bits per heavy atom. The predicted molar refractivity (Wildman–Crippen MR) is 19.0 cm³/mol. The van der Waals surface area contributed by atoms with Gasteiger partial charge in [0.2, 0.25) is 0 Å². The maximum absolute atomic E-state index is 8.56. The molecule has 0 aliphatic heterocycles. The van der Waals surface area contributed by atoms with Gasteiger partial charge in [0.15, 0.2) is 0 Å². The van der Waals surface area contributed by atoms with Crippen LogP contribution >= 0.6 is 0 Å². The normalized spacial score (nSPS) is 4.29. The van der Waals surface area contributed by atoms with Crippen molar-refractivity contribution in [3.63, 3.8) is 0 Å². The van der Waals surface area contributed by atoms with Crippen molar-refractivity contribution in [2.24, 2.45) is 11.7 Å². The summed E-state index contributed by atoms with van der Waals surface area (Å²) in [5.41, 5.74) is 0. The Morgan fingerprint density at radius 1 is 1.29 bits per heavy atom. The van der Waals surface area contributed by atoms with Gasteiger partial charge in [0, 0.05) is 19.5 Å². The van der Waals surface area contributed by atoms with Crippen LogP contribution in [0.3, 0.4) is 0 Å². The molecule has 5 nitrogen and oxygen atoms in total. The van der Waals surface area contributed by atoms with E-state index < -0.39 is 6.16 Å². The maximum Gasteiger partial charge on any atom is 0.503 e. The fourth-order valence-electron chi connectivity index (χ4n) is 0. The standard InChI is InChI=1S/CH2O3.H4N2.Zn/c2-1(3)4;1-2;/h(H2,2,3,4);1-2H2;. The molecule has 6 N–H and O–H groups in total. The molecular weight excluding hydrogens is 153 g/mol. The summed E-state index contributed by atoms with van der Waals surface area (Å²) in [6, 6.07) is 0. The van der Waals surface area contributed by atoms with Crippen molar-refractivity contribution in [1.29, 1.82) is 0 Å². The van der Waals surface area contributed by atoms with E-state index in [0.717, 1.165) is 0 Å². The zero-order valence-corrected chi connectivity index (χ0v) is 6.63. The van der Waals surface area contributed by atoms with Gasteiger partial charge in [-0.3, -0.25) is 11.7 Å². The summed E-state index contributed by atoms with van der Waals surface area (Å²) in [5, 5.41) is 13.9. The van der Waals surface area contributed by atoms with E-state index in [9.17, 15) is 0 Å². The number of hydrazine groups is 1. The third kappa shape index (κ3) is 2430. The Hall–Kier alpha value is -0.187. The molecule has 0 aromatic carbocycles. The van der Waals surface area contributed by atoms with Gasteiger partial charge >= 0.3 is 6.16 Å². The van der Waals surface area contributed by atoms with Gasteiger partial charge < -0.3 is 10.2 Å². The van der Waals surface area contributed by atoms with E-state index in [0.29, 0.717) is 0 Å². The van der Waals surface area contributed by atoms with E-state index in [4.69, 9.17) is 15.0 Å². The van der Waals surface area contributed by atoms with Gasteiger partial charge in [0.25, 0.3) is 0 Å². The first-order valence-corrected chi connectivity index (χ1v) is 0.985. The number of carbonyl (C=O) groups is 1. The minimum atomic E-state index is -1.83. The van der Waals surface area contributed by atoms with Crippen LogP contribution in [0.2, 0.25) is 0 Å². The second-order valence-corrected chi connectivity index (χ2v) is 0.283. The molecule has 0 heterocycles. The number of nitrogens with two attached hydrogens (primary N) is 2. The third-order valence-corrected chi connectivity index (χ3v) is 0. The van der Waals surface area contributed by atoms with Crippen LogP contribution in [0.25, 0.3) is 0 Å². The van der Waals surface area contributed by atoms with Gasteiger partial charge in [-0.2, -0.15) is 0 Å². The molecule has 0 aromatic rings. The summed E-state index contributed by atoms with van der Waals surface area (Å²) in [4.78, 5) is 8.56. The molecule has 0 rings (SSSR count). The van der Waals surface area contributed by atoms with Crippen LogP contribution < -0.4 is 11.7 Å². The van der Waals surface area contributed by atoms with Crippen molar-refractivity contribution in [3.8, 4) is 0 Å². The van der Waals surface area contributed by atoms with Crippen LogP contribution in [0.4, 0.5) is 4.79 Å². The first kappa shape index (κ1) is 15.8. The van der Waals surface area contributed by atoms with Crippen molar-refractivity contribution in [3.05, 3.63) is 0 Å². The molecule has 0 amide bonds. The quantitative estimate of drug-likeness (QED) is 0.207. The van der Waals surface area contributed by atoms with Gasteiger partial charge in [-0.05, 0) is 0 Å². The van der Waals surface area contributed by atoms with Gasteiger partial charge in [0.05, 0.1) is 0 Å². The topological polar surface area (TPSA) is 110 Å². The van der Waals surface area contributed by atoms with Gasteiger partial charge in [-0.15, -0.1) is 0 Å². The Kier molecular flexibility index (Phi) is 38.5. The van der Waals surface area contributed by atoms with E-state index in [-0.39, 0.29) is 19.5 Å². The van der Waals surface area contributed by atoms with Crippen LogP contribution in [-0.2, 0) is 19.5 Å². The van der Waals surface area contributed by atoms with Crippen molar-refractivity contribution in [2.75, 3.05) is 0 Å². The smallest absolute Gasteiger partial charge is 0.450 e. The van der Waals surface area contributed by atoms with Crippen LogP contribution in [0.15, 0.2) is 0 Å². The Bertz CT molecular complexity index is 35.9. The zero-order chi connectivity index (χ0) is 5.58. The summed E-state index contributed by atoms with van der Waals surface area (Å²) in [7, 11) is 0. The minimum Gasteiger partial charge on any atom is -0.450 e. The van der Waals surface area contributed by atoms with Crippen molar-refractivity contribution in [2.45, 2.75) is 0 Å². The second kappa shape index (κ2) is 17.0. The van der Waals surface area contributed by atoms with Crippen molar-refractivity contribution < 1.29 is 34.5 Å². The molecule has 0 bridgehead atoms. The SMILES string of the molecule is NN.O=C(O)O.[Zn]. The molecule has 0 aromatic heterocycles. The maximum atomic E-state index is 8.56. The third-order valence-electron chi connectivity index (χ3n) is 0. The van der Waals surface area contributed by atoms with Crippen molar-refractivity contribution in [1.82, 2.24) is 0 Å². The Labute approximate surface area is 53.0 Å². The molecule has 0 saturated heterocycles. The molecule has 0 unspecified atom stereocenters. The van der Waals surface area contributed by atoms with E-state index in [1.807, 2.05) is 0 Å². The molecule has 0 saturated carbocycles. The van der Waals surface area contributed by atoms with Crippen LogP contribution in [-0.4, -0.2) is 16.4 Å². The molecule has 0 spiro atoms. The van der Waals surface area contributed by atoms with Gasteiger partial charge in [-0.1, -0.05) is 0 Å². The second-order valence-electron chi connectivity index (χ2n) is 0.283. The van der Waals surface area contributed by atoms with Gasteiger partial charge in [0.1, 0.15) is 0 Å². The molecule has 0 aliphatic carbocycles. The molecule has 40 valence electrons. The molecule has 0 atom stereocenters. The monoisotopic (exact) mass is 158 g/mol. The fourth-order valence-corrected chi connectivity index (χ4v) is 0. The first-order valence-electron chi connectivity index (χ1n) is 0.985. The minimum absolute atomic E-state index is 0. The summed E-state index contributed by atoms with van der Waals surface area (Å²) < 4.78 is 0. The fraction of sp³-hybridized carbons (Fsp3) is 0. The first-order chi connectivity index (χ1) is 2.73. The molecule has 0 fully saturated rings. The summed E-state index contributed by atoms with van der Waals surface area (Å²) in [5.74, 6) is 8.00. The summed E-state index contributed by atoms with van der Waals surface area (Å²) in [6.45, 7) is 0. The van der Waals surface area contributed by atoms with Crippen molar-refractivity contribution >= 4 is 6.16 Å². The number of hydrogen-bond acceptors (Lipinski definition) is 3. The number of rotatable bonds is 0. The van der Waals surface area contributed by atoms with E-state index in [1.54, 1.807) is 0 Å². The average molecular weight is 159 g/mol. The molecule has 0 radical (unpaired) electrons. The van der Waals surface area contributed by atoms with Crippen LogP contribution in [0.5, 0.6) is 0 Å². The zero-order valence-electron chi connectivity index (χ0n) is 3.66. The number of carboxylic acid groups (broad SMARTS) is 2.